The maximum Gasteiger partial charge on any atom is 0.276 e. The molecule has 27 heavy (non-hydrogen) atoms. The highest BCUT2D eigenvalue weighted by atomic mass is 32.2. The number of nitro benzene ring substituents is 1. The van der Waals surface area contributed by atoms with Gasteiger partial charge in [-0.3, -0.25) is 10.1 Å². The van der Waals surface area contributed by atoms with Gasteiger partial charge in [0.25, 0.3) is 15.7 Å². The van der Waals surface area contributed by atoms with E-state index in [1.807, 2.05) is 13.8 Å². The van der Waals surface area contributed by atoms with Crippen molar-refractivity contribution < 1.29 is 18.1 Å². The fraction of sp³-hybridized carbons (Fsp3) is 0.278. The second-order valence-electron chi connectivity index (χ2n) is 6.19. The standard InChI is InChI=1S/C18H21N3O5S/c1-12(2)26-16-8-6-15(7-9-16)14(4)19-20-27(24,25)17-10-5-13(3)18(11-17)21(22)23/h5-12,20H,1-4H3. The second kappa shape index (κ2) is 8.17. The Morgan fingerprint density at radius 2 is 1.81 bits per heavy atom. The van der Waals surface area contributed by atoms with Gasteiger partial charge in [-0.15, -0.1) is 0 Å². The Labute approximate surface area is 158 Å². The quantitative estimate of drug-likeness (QED) is 0.442. The van der Waals surface area contributed by atoms with Crippen molar-refractivity contribution in [2.75, 3.05) is 0 Å². The number of benzene rings is 2. The summed E-state index contributed by atoms with van der Waals surface area (Å²) < 4.78 is 30.3. The number of nitro groups is 1. The molecular formula is C18H21N3O5S. The molecule has 2 aromatic rings. The molecule has 0 amide bonds. The third-order valence-corrected chi connectivity index (χ3v) is 4.87. The van der Waals surface area contributed by atoms with E-state index in [0.717, 1.165) is 6.07 Å². The predicted octanol–water partition coefficient (Wildman–Crippen LogP) is 3.39. The number of hydrazone groups is 1. The van der Waals surface area contributed by atoms with E-state index in [4.69, 9.17) is 4.74 Å². The molecule has 0 aliphatic heterocycles. The van der Waals surface area contributed by atoms with Crippen molar-refractivity contribution in [3.8, 4) is 5.75 Å². The zero-order chi connectivity index (χ0) is 20.2. The van der Waals surface area contributed by atoms with Crippen LogP contribution in [0.4, 0.5) is 5.69 Å². The molecule has 0 heterocycles. The first-order valence-electron chi connectivity index (χ1n) is 8.18. The second-order valence-corrected chi connectivity index (χ2v) is 7.85. The zero-order valence-electron chi connectivity index (χ0n) is 15.5. The molecule has 9 heteroatoms. The topological polar surface area (TPSA) is 111 Å². The van der Waals surface area contributed by atoms with Crippen molar-refractivity contribution in [2.45, 2.75) is 38.7 Å². The van der Waals surface area contributed by atoms with Crippen LogP contribution in [-0.4, -0.2) is 25.2 Å². The Morgan fingerprint density at radius 3 is 2.37 bits per heavy atom. The Bertz CT molecular complexity index is 967. The van der Waals surface area contributed by atoms with Gasteiger partial charge in [0.1, 0.15) is 5.75 Å². The molecule has 144 valence electrons. The van der Waals surface area contributed by atoms with Crippen LogP contribution in [0.1, 0.15) is 31.9 Å². The van der Waals surface area contributed by atoms with Gasteiger partial charge in [-0.2, -0.15) is 18.4 Å². The van der Waals surface area contributed by atoms with Gasteiger partial charge in [-0.25, -0.2) is 0 Å². The predicted molar refractivity (Wildman–Crippen MR) is 103 cm³/mol. The first-order chi connectivity index (χ1) is 12.6. The number of hydrogen-bond acceptors (Lipinski definition) is 6. The number of aryl methyl sites for hydroxylation is 1. The highest BCUT2D eigenvalue weighted by Gasteiger charge is 2.19. The van der Waals surface area contributed by atoms with E-state index in [1.54, 1.807) is 31.2 Å². The highest BCUT2D eigenvalue weighted by Crippen LogP contribution is 2.22. The number of hydrogen-bond donors (Lipinski definition) is 1. The van der Waals surface area contributed by atoms with E-state index in [0.29, 0.717) is 22.6 Å². The molecule has 0 saturated heterocycles. The van der Waals surface area contributed by atoms with Gasteiger partial charge < -0.3 is 4.74 Å². The molecule has 8 nitrogen and oxygen atoms in total. The average molecular weight is 391 g/mol. The maximum absolute atomic E-state index is 12.4. The van der Waals surface area contributed by atoms with Crippen molar-refractivity contribution in [2.24, 2.45) is 5.10 Å². The van der Waals surface area contributed by atoms with Crippen LogP contribution >= 0.6 is 0 Å². The summed E-state index contributed by atoms with van der Waals surface area (Å²) in [5.74, 6) is 0.703. The summed E-state index contributed by atoms with van der Waals surface area (Å²) in [6, 6.07) is 10.8. The molecule has 2 rings (SSSR count). The molecule has 0 atom stereocenters. The molecule has 0 radical (unpaired) electrons. The van der Waals surface area contributed by atoms with Crippen LogP contribution < -0.4 is 9.57 Å². The first-order valence-corrected chi connectivity index (χ1v) is 9.66. The van der Waals surface area contributed by atoms with Crippen LogP contribution in [0.3, 0.4) is 0 Å². The van der Waals surface area contributed by atoms with Gasteiger partial charge in [-0.1, -0.05) is 6.07 Å². The number of rotatable bonds is 7. The summed E-state index contributed by atoms with van der Waals surface area (Å²) >= 11 is 0. The summed E-state index contributed by atoms with van der Waals surface area (Å²) in [6.07, 6.45) is 0.0518. The lowest BCUT2D eigenvalue weighted by Crippen LogP contribution is -2.20. The van der Waals surface area contributed by atoms with E-state index in [1.165, 1.54) is 19.1 Å². The zero-order valence-corrected chi connectivity index (χ0v) is 16.3. The van der Waals surface area contributed by atoms with Crippen LogP contribution in [0.25, 0.3) is 0 Å². The van der Waals surface area contributed by atoms with E-state index < -0.39 is 14.9 Å². The summed E-state index contributed by atoms with van der Waals surface area (Å²) in [4.78, 5) is 12.3. The normalized spacial score (nSPS) is 12.1. The van der Waals surface area contributed by atoms with Crippen LogP contribution in [0.2, 0.25) is 0 Å². The van der Waals surface area contributed by atoms with Crippen LogP contribution in [0, 0.1) is 17.0 Å². The molecule has 0 bridgehead atoms. The molecule has 1 N–H and O–H groups in total. The Kier molecular flexibility index (Phi) is 6.17. The fourth-order valence-corrected chi connectivity index (χ4v) is 3.12. The number of ether oxygens (including phenoxy) is 1. The number of nitrogens with one attached hydrogen (secondary N) is 1. The number of nitrogens with zero attached hydrogens (tertiary/aromatic N) is 2. The first kappa shape index (κ1) is 20.4. The SMILES string of the molecule is CC(=NNS(=O)(=O)c1ccc(C)c([N+](=O)[O-])c1)c1ccc(OC(C)C)cc1. The average Bonchev–Trinajstić information content (AvgIpc) is 2.60. The molecule has 0 spiro atoms. The minimum Gasteiger partial charge on any atom is -0.491 e. The molecule has 0 unspecified atom stereocenters. The Balaban J connectivity index is 2.20. The summed E-state index contributed by atoms with van der Waals surface area (Å²) in [5, 5.41) is 14.9. The van der Waals surface area contributed by atoms with Gasteiger partial charge >= 0.3 is 0 Å². The molecule has 0 fully saturated rings. The fourth-order valence-electron chi connectivity index (χ4n) is 2.25. The van der Waals surface area contributed by atoms with Crippen molar-refractivity contribution >= 4 is 21.4 Å². The van der Waals surface area contributed by atoms with Crippen LogP contribution in [0.15, 0.2) is 52.5 Å². The molecular weight excluding hydrogens is 370 g/mol. The van der Waals surface area contributed by atoms with E-state index in [-0.39, 0.29) is 16.7 Å². The highest BCUT2D eigenvalue weighted by molar-refractivity contribution is 7.89. The van der Waals surface area contributed by atoms with Crippen LogP contribution in [-0.2, 0) is 10.0 Å². The molecule has 0 aliphatic carbocycles. The third kappa shape index (κ3) is 5.27. The summed E-state index contributed by atoms with van der Waals surface area (Å²) in [6.45, 7) is 7.03. The van der Waals surface area contributed by atoms with Gasteiger partial charge in [0.05, 0.1) is 21.6 Å². The molecule has 2 aromatic carbocycles. The lowest BCUT2D eigenvalue weighted by Gasteiger charge is -2.10. The lowest BCUT2D eigenvalue weighted by molar-refractivity contribution is -0.385. The maximum atomic E-state index is 12.4. The van der Waals surface area contributed by atoms with Gasteiger partial charge in [0.15, 0.2) is 0 Å². The minimum absolute atomic E-state index is 0.0518. The van der Waals surface area contributed by atoms with E-state index in [2.05, 4.69) is 9.93 Å². The third-order valence-electron chi connectivity index (χ3n) is 3.67. The van der Waals surface area contributed by atoms with Gasteiger partial charge in [0.2, 0.25) is 0 Å². The van der Waals surface area contributed by atoms with Crippen molar-refractivity contribution in [3.63, 3.8) is 0 Å². The smallest absolute Gasteiger partial charge is 0.276 e. The summed E-state index contributed by atoms with van der Waals surface area (Å²) in [5.41, 5.74) is 1.27. The minimum atomic E-state index is -4.03. The van der Waals surface area contributed by atoms with Gasteiger partial charge in [-0.05, 0) is 63.6 Å². The van der Waals surface area contributed by atoms with Crippen molar-refractivity contribution in [3.05, 3.63) is 63.7 Å². The lowest BCUT2D eigenvalue weighted by atomic mass is 10.1. The Morgan fingerprint density at radius 1 is 1.19 bits per heavy atom. The summed E-state index contributed by atoms with van der Waals surface area (Å²) in [7, 11) is -4.03. The Hall–Kier alpha value is -2.94. The van der Waals surface area contributed by atoms with Crippen molar-refractivity contribution in [1.82, 2.24) is 4.83 Å². The van der Waals surface area contributed by atoms with E-state index in [9.17, 15) is 18.5 Å². The van der Waals surface area contributed by atoms with E-state index >= 15 is 0 Å². The molecule has 0 aliphatic rings. The number of sulfonamides is 1. The molecule has 0 aromatic heterocycles. The van der Waals surface area contributed by atoms with Crippen LogP contribution in [0.5, 0.6) is 5.75 Å². The van der Waals surface area contributed by atoms with Gasteiger partial charge in [0, 0.05) is 11.6 Å². The van der Waals surface area contributed by atoms with Crippen molar-refractivity contribution in [1.29, 1.82) is 0 Å². The largest absolute Gasteiger partial charge is 0.491 e. The monoisotopic (exact) mass is 391 g/mol. The molecule has 0 saturated carbocycles.